The fourth-order valence-electron chi connectivity index (χ4n) is 1.04. The summed E-state index contributed by atoms with van der Waals surface area (Å²) in [6.45, 7) is -0.0950. The Kier molecular flexibility index (Phi) is 3.93. The Bertz CT molecular complexity index is 310. The van der Waals surface area contributed by atoms with Gasteiger partial charge in [-0.3, -0.25) is 0 Å². The summed E-state index contributed by atoms with van der Waals surface area (Å²) in [7, 11) is 0. The highest BCUT2D eigenvalue weighted by Crippen LogP contribution is 2.13. The maximum atomic E-state index is 12.8. The zero-order valence-electron chi connectivity index (χ0n) is 7.00. The first-order chi connectivity index (χ1) is 6.27. The molecule has 0 atom stereocenters. The van der Waals surface area contributed by atoms with E-state index in [0.717, 1.165) is 0 Å². The van der Waals surface area contributed by atoms with Gasteiger partial charge >= 0.3 is 0 Å². The van der Waals surface area contributed by atoms with Crippen molar-refractivity contribution in [2.75, 3.05) is 5.88 Å². The number of hydrogen-bond acceptors (Lipinski definition) is 1. The summed E-state index contributed by atoms with van der Waals surface area (Å²) in [6, 6.07) is 4.25. The zero-order chi connectivity index (χ0) is 9.68. The fourth-order valence-corrected chi connectivity index (χ4v) is 1.13. The van der Waals surface area contributed by atoms with E-state index in [2.05, 4.69) is 0 Å². The number of benzene rings is 1. The summed E-state index contributed by atoms with van der Waals surface area (Å²) in [5, 5.41) is 8.92. The predicted molar refractivity (Wildman–Crippen MR) is 52.1 cm³/mol. The summed E-state index contributed by atoms with van der Waals surface area (Å²) in [6.07, 6.45) is 3.40. The molecule has 1 rings (SSSR count). The van der Waals surface area contributed by atoms with Gasteiger partial charge in [0.25, 0.3) is 0 Å². The molecule has 1 nitrogen and oxygen atoms in total. The molecule has 1 aromatic carbocycles. The molecule has 0 aliphatic carbocycles. The van der Waals surface area contributed by atoms with Crippen LogP contribution in [0.2, 0.25) is 0 Å². The van der Waals surface area contributed by atoms with E-state index < -0.39 is 0 Å². The van der Waals surface area contributed by atoms with Crippen LogP contribution in [0.15, 0.2) is 24.3 Å². The van der Waals surface area contributed by atoms with Crippen LogP contribution < -0.4 is 0 Å². The molecule has 0 radical (unpaired) electrons. The Morgan fingerprint density at radius 2 is 2.23 bits per heavy atom. The van der Waals surface area contributed by atoms with Gasteiger partial charge in [-0.25, -0.2) is 4.39 Å². The molecule has 0 fully saturated rings. The van der Waals surface area contributed by atoms with Crippen molar-refractivity contribution in [1.29, 1.82) is 0 Å². The van der Waals surface area contributed by atoms with Gasteiger partial charge in [0.1, 0.15) is 5.82 Å². The van der Waals surface area contributed by atoms with Crippen LogP contribution in [-0.2, 0) is 6.61 Å². The van der Waals surface area contributed by atoms with Crippen molar-refractivity contribution in [1.82, 2.24) is 0 Å². The highest BCUT2D eigenvalue weighted by atomic mass is 35.5. The van der Waals surface area contributed by atoms with Crippen molar-refractivity contribution < 1.29 is 9.50 Å². The molecule has 1 N–H and O–H groups in total. The number of allylic oxidation sites excluding steroid dienone is 1. The van der Waals surface area contributed by atoms with E-state index in [-0.39, 0.29) is 12.4 Å². The first-order valence-electron chi connectivity index (χ1n) is 3.89. The molecule has 0 aromatic heterocycles. The van der Waals surface area contributed by atoms with E-state index >= 15 is 0 Å². The van der Waals surface area contributed by atoms with E-state index in [1.807, 2.05) is 0 Å². The van der Waals surface area contributed by atoms with Gasteiger partial charge in [-0.1, -0.05) is 18.2 Å². The summed E-state index contributed by atoms with van der Waals surface area (Å²) in [4.78, 5) is 0. The van der Waals surface area contributed by atoms with Crippen molar-refractivity contribution >= 4 is 17.7 Å². The van der Waals surface area contributed by atoms with Gasteiger partial charge in [-0.15, -0.1) is 11.6 Å². The van der Waals surface area contributed by atoms with Crippen LogP contribution >= 0.6 is 11.6 Å². The second-order valence-corrected chi connectivity index (χ2v) is 2.87. The van der Waals surface area contributed by atoms with Crippen LogP contribution in [0, 0.1) is 5.82 Å². The van der Waals surface area contributed by atoms with Crippen molar-refractivity contribution in [2.45, 2.75) is 6.61 Å². The normalized spacial score (nSPS) is 11.0. The lowest BCUT2D eigenvalue weighted by atomic mass is 10.1. The Hall–Kier alpha value is -0.860. The van der Waals surface area contributed by atoms with E-state index in [0.29, 0.717) is 17.0 Å². The van der Waals surface area contributed by atoms with E-state index in [4.69, 9.17) is 16.7 Å². The lowest BCUT2D eigenvalue weighted by Crippen LogP contribution is -1.89. The third-order valence-corrected chi connectivity index (χ3v) is 1.84. The minimum Gasteiger partial charge on any atom is -0.392 e. The predicted octanol–water partition coefficient (Wildman–Crippen LogP) is 2.57. The van der Waals surface area contributed by atoms with Crippen molar-refractivity contribution in [3.05, 3.63) is 41.2 Å². The molecule has 0 unspecified atom stereocenters. The lowest BCUT2D eigenvalue weighted by molar-refractivity contribution is 0.281. The number of rotatable bonds is 3. The van der Waals surface area contributed by atoms with Crippen LogP contribution in [0.4, 0.5) is 4.39 Å². The van der Waals surface area contributed by atoms with Gasteiger partial charge in [0.15, 0.2) is 0 Å². The summed E-state index contributed by atoms with van der Waals surface area (Å²) >= 11 is 5.44. The molecule has 70 valence electrons. The monoisotopic (exact) mass is 200 g/mol. The molecule has 1 aromatic rings. The third kappa shape index (κ3) is 2.83. The molecule has 0 bridgehead atoms. The first kappa shape index (κ1) is 10.2. The molecular formula is C10H10ClFO. The minimum absolute atomic E-state index is 0.0950. The number of alkyl halides is 1. The highest BCUT2D eigenvalue weighted by molar-refractivity contribution is 6.19. The van der Waals surface area contributed by atoms with Gasteiger partial charge in [-0.05, 0) is 23.3 Å². The fraction of sp³-hybridized carbons (Fsp3) is 0.200. The smallest absolute Gasteiger partial charge is 0.123 e. The van der Waals surface area contributed by atoms with Crippen LogP contribution in [0.5, 0.6) is 0 Å². The maximum Gasteiger partial charge on any atom is 0.123 e. The molecule has 0 aliphatic rings. The van der Waals surface area contributed by atoms with E-state index in [1.54, 1.807) is 18.2 Å². The quantitative estimate of drug-likeness (QED) is 0.744. The Morgan fingerprint density at radius 1 is 1.46 bits per heavy atom. The second kappa shape index (κ2) is 5.00. The molecule has 13 heavy (non-hydrogen) atoms. The van der Waals surface area contributed by atoms with Crippen LogP contribution in [0.3, 0.4) is 0 Å². The van der Waals surface area contributed by atoms with Gasteiger partial charge in [-0.2, -0.15) is 0 Å². The molecular weight excluding hydrogens is 191 g/mol. The van der Waals surface area contributed by atoms with E-state index in [1.165, 1.54) is 12.1 Å². The van der Waals surface area contributed by atoms with Crippen LogP contribution in [-0.4, -0.2) is 11.0 Å². The topological polar surface area (TPSA) is 20.2 Å². The minimum atomic E-state index is -0.313. The van der Waals surface area contributed by atoms with Crippen molar-refractivity contribution in [3.63, 3.8) is 0 Å². The Morgan fingerprint density at radius 3 is 2.85 bits per heavy atom. The molecule has 3 heteroatoms. The van der Waals surface area contributed by atoms with Crippen molar-refractivity contribution in [3.8, 4) is 0 Å². The van der Waals surface area contributed by atoms with Gasteiger partial charge in [0, 0.05) is 5.88 Å². The average molecular weight is 201 g/mol. The van der Waals surface area contributed by atoms with E-state index in [9.17, 15) is 4.39 Å². The summed E-state index contributed by atoms with van der Waals surface area (Å²) in [5.74, 6) is 0.0629. The molecule has 0 spiro atoms. The number of hydrogen-bond donors (Lipinski definition) is 1. The largest absolute Gasteiger partial charge is 0.392 e. The SMILES string of the molecule is OCc1ccc(F)cc1C=CCCl. The molecule has 0 amide bonds. The highest BCUT2D eigenvalue weighted by Gasteiger charge is 1.99. The standard InChI is InChI=1S/C10H10ClFO/c11-5-1-2-8-6-10(12)4-3-9(8)7-13/h1-4,6,13H,5,7H2. The van der Waals surface area contributed by atoms with Crippen LogP contribution in [0.1, 0.15) is 11.1 Å². The number of halogens is 2. The van der Waals surface area contributed by atoms with Crippen molar-refractivity contribution in [2.24, 2.45) is 0 Å². The second-order valence-electron chi connectivity index (χ2n) is 2.56. The Labute approximate surface area is 81.5 Å². The number of aliphatic hydroxyl groups is 1. The maximum absolute atomic E-state index is 12.8. The summed E-state index contributed by atoms with van der Waals surface area (Å²) in [5.41, 5.74) is 1.37. The van der Waals surface area contributed by atoms with Gasteiger partial charge in [0.05, 0.1) is 6.61 Å². The summed E-state index contributed by atoms with van der Waals surface area (Å²) < 4.78 is 12.8. The van der Waals surface area contributed by atoms with Gasteiger partial charge in [0.2, 0.25) is 0 Å². The Balaban J connectivity index is 3.01. The molecule has 0 saturated carbocycles. The first-order valence-corrected chi connectivity index (χ1v) is 4.43. The molecule has 0 heterocycles. The van der Waals surface area contributed by atoms with Gasteiger partial charge < -0.3 is 5.11 Å². The third-order valence-electron chi connectivity index (χ3n) is 1.66. The molecule has 0 aliphatic heterocycles. The number of aliphatic hydroxyl groups excluding tert-OH is 1. The average Bonchev–Trinajstić information content (AvgIpc) is 2.15. The van der Waals surface area contributed by atoms with Crippen LogP contribution in [0.25, 0.3) is 6.08 Å². The lowest BCUT2D eigenvalue weighted by Gasteiger charge is -2.01. The molecule has 0 saturated heterocycles. The zero-order valence-corrected chi connectivity index (χ0v) is 7.76.